The number of fused-ring (bicyclic) bond motifs is 1. The van der Waals surface area contributed by atoms with Gasteiger partial charge in [0.05, 0.1) is 24.3 Å². The molecule has 0 unspecified atom stereocenters. The molecular formula is C25H26N2O3. The second-order valence-electron chi connectivity index (χ2n) is 8.44. The topological polar surface area (TPSA) is 66.5 Å². The van der Waals surface area contributed by atoms with Crippen LogP contribution >= 0.6 is 0 Å². The average Bonchev–Trinajstić information content (AvgIpc) is 2.92. The summed E-state index contributed by atoms with van der Waals surface area (Å²) in [6, 6.07) is 15.3. The molecule has 0 bridgehead atoms. The zero-order valence-corrected chi connectivity index (χ0v) is 17.5. The van der Waals surface area contributed by atoms with Crippen LogP contribution in [0.5, 0.6) is 0 Å². The molecule has 0 saturated carbocycles. The van der Waals surface area contributed by atoms with E-state index in [0.29, 0.717) is 5.69 Å². The van der Waals surface area contributed by atoms with E-state index in [1.807, 2.05) is 75.4 Å². The lowest BCUT2D eigenvalue weighted by molar-refractivity contribution is -0.142. The van der Waals surface area contributed by atoms with Crippen LogP contribution in [-0.2, 0) is 20.9 Å². The monoisotopic (exact) mass is 402 g/mol. The summed E-state index contributed by atoms with van der Waals surface area (Å²) in [5, 5.41) is 2.98. The fraction of sp³-hybridized carbons (Fsp3) is 0.320. The number of rotatable bonds is 4. The first-order chi connectivity index (χ1) is 14.3. The van der Waals surface area contributed by atoms with Crippen molar-refractivity contribution < 1.29 is 14.4 Å². The summed E-state index contributed by atoms with van der Waals surface area (Å²) in [7, 11) is 0. The Morgan fingerprint density at radius 1 is 0.967 bits per heavy atom. The molecule has 0 spiro atoms. The van der Waals surface area contributed by atoms with Gasteiger partial charge in [0, 0.05) is 5.69 Å². The molecule has 1 heterocycles. The molecule has 154 valence electrons. The zero-order chi connectivity index (χ0) is 21.4. The van der Waals surface area contributed by atoms with Crippen LogP contribution in [0.4, 0.5) is 5.69 Å². The molecule has 1 fully saturated rings. The Labute approximate surface area is 176 Å². The number of carbonyl (C=O) groups excluding carboxylic acids is 3. The van der Waals surface area contributed by atoms with Crippen LogP contribution in [0.25, 0.3) is 0 Å². The molecule has 2 aromatic rings. The highest BCUT2D eigenvalue weighted by atomic mass is 16.2. The molecule has 0 radical (unpaired) electrons. The highest BCUT2D eigenvalue weighted by Gasteiger charge is 2.54. The standard InChI is InChI=1S/C25H26N2O3/c1-15-11-16(2)13-19(12-15)26-23(28)21-17(3)9-10-20-22(21)25(30)27(24(20)29)14-18-7-5-4-6-8-18/h4-13,17,20-22H,14H2,1-3H3,(H,26,28)/t17-,20-,21-,22-/m1/s1. The van der Waals surface area contributed by atoms with Gasteiger partial charge in [0.1, 0.15) is 0 Å². The van der Waals surface area contributed by atoms with Gasteiger partial charge in [-0.1, -0.05) is 55.5 Å². The highest BCUT2D eigenvalue weighted by molar-refractivity contribution is 6.09. The van der Waals surface area contributed by atoms with Crippen LogP contribution in [0, 0.1) is 37.5 Å². The molecule has 5 nitrogen and oxygen atoms in total. The average molecular weight is 402 g/mol. The van der Waals surface area contributed by atoms with Crippen molar-refractivity contribution in [3.05, 3.63) is 77.4 Å². The van der Waals surface area contributed by atoms with Gasteiger partial charge < -0.3 is 5.32 Å². The number of nitrogens with zero attached hydrogens (tertiary/aromatic N) is 1. The smallest absolute Gasteiger partial charge is 0.237 e. The van der Waals surface area contributed by atoms with Crippen molar-refractivity contribution in [2.24, 2.45) is 23.7 Å². The Balaban J connectivity index is 1.59. The lowest BCUT2D eigenvalue weighted by atomic mass is 9.71. The summed E-state index contributed by atoms with van der Waals surface area (Å²) in [6.07, 6.45) is 3.70. The predicted molar refractivity (Wildman–Crippen MR) is 115 cm³/mol. The first kappa shape index (κ1) is 20.1. The quantitative estimate of drug-likeness (QED) is 0.624. The Kier molecular flexibility index (Phi) is 5.29. The van der Waals surface area contributed by atoms with E-state index in [9.17, 15) is 14.4 Å². The molecule has 3 amide bonds. The number of hydrogen-bond acceptors (Lipinski definition) is 3. The minimum Gasteiger partial charge on any atom is -0.326 e. The molecule has 2 aromatic carbocycles. The SMILES string of the molecule is Cc1cc(C)cc(NC(=O)[C@H]2[C@@H]3C(=O)N(Cc4ccccc4)C(=O)[C@@H]3C=C[C@H]2C)c1. The van der Waals surface area contributed by atoms with Crippen molar-refractivity contribution in [2.45, 2.75) is 27.3 Å². The van der Waals surface area contributed by atoms with Crippen molar-refractivity contribution in [1.82, 2.24) is 4.90 Å². The molecule has 30 heavy (non-hydrogen) atoms. The second kappa shape index (κ2) is 7.90. The molecule has 4 rings (SSSR count). The molecule has 4 atom stereocenters. The third-order valence-electron chi connectivity index (χ3n) is 6.04. The predicted octanol–water partition coefficient (Wildman–Crippen LogP) is 3.87. The van der Waals surface area contributed by atoms with Crippen LogP contribution in [-0.4, -0.2) is 22.6 Å². The van der Waals surface area contributed by atoms with Crippen LogP contribution in [0.15, 0.2) is 60.7 Å². The van der Waals surface area contributed by atoms with Gasteiger partial charge in [-0.2, -0.15) is 0 Å². The summed E-state index contributed by atoms with van der Waals surface area (Å²) in [5.41, 5.74) is 3.72. The number of anilines is 1. The maximum atomic E-state index is 13.3. The normalized spacial score (nSPS) is 25.4. The third kappa shape index (κ3) is 3.67. The molecule has 1 aliphatic heterocycles. The van der Waals surface area contributed by atoms with Crippen LogP contribution < -0.4 is 5.32 Å². The Morgan fingerprint density at radius 2 is 1.63 bits per heavy atom. The van der Waals surface area contributed by atoms with Gasteiger partial charge >= 0.3 is 0 Å². The van der Waals surface area contributed by atoms with Crippen LogP contribution in [0.1, 0.15) is 23.6 Å². The molecule has 1 N–H and O–H groups in total. The lowest BCUT2D eigenvalue weighted by Gasteiger charge is -2.30. The van der Waals surface area contributed by atoms with Gasteiger partial charge in [-0.25, -0.2) is 0 Å². The van der Waals surface area contributed by atoms with Crippen LogP contribution in [0.2, 0.25) is 0 Å². The van der Waals surface area contributed by atoms with Crippen LogP contribution in [0.3, 0.4) is 0 Å². The number of aryl methyl sites for hydroxylation is 2. The lowest BCUT2D eigenvalue weighted by Crippen LogP contribution is -2.41. The fourth-order valence-electron chi connectivity index (χ4n) is 4.69. The Hall–Kier alpha value is -3.21. The first-order valence-electron chi connectivity index (χ1n) is 10.3. The van der Waals surface area contributed by atoms with Gasteiger partial charge in [0.25, 0.3) is 0 Å². The number of allylic oxidation sites excluding steroid dienone is 1. The van der Waals surface area contributed by atoms with Gasteiger partial charge in [0.15, 0.2) is 0 Å². The van der Waals surface area contributed by atoms with Crippen molar-refractivity contribution in [3.8, 4) is 0 Å². The number of benzene rings is 2. The Bertz CT molecular complexity index is 1010. The molecule has 1 saturated heterocycles. The van der Waals surface area contributed by atoms with Crippen molar-refractivity contribution in [2.75, 3.05) is 5.32 Å². The summed E-state index contributed by atoms with van der Waals surface area (Å²) in [4.78, 5) is 40.8. The molecule has 0 aromatic heterocycles. The number of hydrogen-bond donors (Lipinski definition) is 1. The van der Waals surface area contributed by atoms with Crippen molar-refractivity contribution in [1.29, 1.82) is 0 Å². The van der Waals surface area contributed by atoms with E-state index in [1.54, 1.807) is 6.08 Å². The van der Waals surface area contributed by atoms with E-state index in [2.05, 4.69) is 5.32 Å². The molecule has 5 heteroatoms. The summed E-state index contributed by atoms with van der Waals surface area (Å²) in [6.45, 7) is 6.12. The number of likely N-dealkylation sites (tertiary alicyclic amines) is 1. The summed E-state index contributed by atoms with van der Waals surface area (Å²) >= 11 is 0. The van der Waals surface area contributed by atoms with Gasteiger partial charge in [-0.15, -0.1) is 0 Å². The van der Waals surface area contributed by atoms with E-state index < -0.39 is 17.8 Å². The molecular weight excluding hydrogens is 376 g/mol. The zero-order valence-electron chi connectivity index (χ0n) is 17.5. The summed E-state index contributed by atoms with van der Waals surface area (Å²) in [5.74, 6) is -2.65. The largest absolute Gasteiger partial charge is 0.326 e. The molecule has 2 aliphatic rings. The number of carbonyl (C=O) groups is 3. The number of nitrogens with one attached hydrogen (secondary N) is 1. The van der Waals surface area contributed by atoms with E-state index in [-0.39, 0.29) is 30.2 Å². The summed E-state index contributed by atoms with van der Waals surface area (Å²) < 4.78 is 0. The fourth-order valence-corrected chi connectivity index (χ4v) is 4.69. The van der Waals surface area contributed by atoms with E-state index in [4.69, 9.17) is 0 Å². The maximum Gasteiger partial charge on any atom is 0.237 e. The van der Waals surface area contributed by atoms with Crippen molar-refractivity contribution in [3.63, 3.8) is 0 Å². The molecule has 1 aliphatic carbocycles. The second-order valence-corrected chi connectivity index (χ2v) is 8.44. The third-order valence-corrected chi connectivity index (χ3v) is 6.04. The van der Waals surface area contributed by atoms with Gasteiger partial charge in [0.2, 0.25) is 17.7 Å². The van der Waals surface area contributed by atoms with E-state index in [1.165, 1.54) is 4.90 Å². The number of amides is 3. The van der Waals surface area contributed by atoms with Gasteiger partial charge in [-0.05, 0) is 48.6 Å². The minimum absolute atomic E-state index is 0.134. The van der Waals surface area contributed by atoms with Crippen molar-refractivity contribution >= 4 is 23.4 Å². The Morgan fingerprint density at radius 3 is 2.30 bits per heavy atom. The van der Waals surface area contributed by atoms with E-state index >= 15 is 0 Å². The van der Waals surface area contributed by atoms with E-state index in [0.717, 1.165) is 16.7 Å². The number of imide groups is 1. The first-order valence-corrected chi connectivity index (χ1v) is 10.3. The van der Waals surface area contributed by atoms with Gasteiger partial charge in [-0.3, -0.25) is 19.3 Å². The minimum atomic E-state index is -0.660. The highest BCUT2D eigenvalue weighted by Crippen LogP contribution is 2.42. The maximum absolute atomic E-state index is 13.3.